The van der Waals surface area contributed by atoms with Gasteiger partial charge in [0.1, 0.15) is 0 Å². The lowest BCUT2D eigenvalue weighted by Gasteiger charge is -2.39. The molecule has 0 aromatic heterocycles. The van der Waals surface area contributed by atoms with E-state index in [4.69, 9.17) is 0 Å². The van der Waals surface area contributed by atoms with E-state index in [2.05, 4.69) is 18.6 Å². The van der Waals surface area contributed by atoms with Crippen LogP contribution in [0.1, 0.15) is 62.7 Å². The number of amides is 1. The molecule has 1 N–H and O–H groups in total. The summed E-state index contributed by atoms with van der Waals surface area (Å²) < 4.78 is 29.6. The Morgan fingerprint density at radius 2 is 1.62 bits per heavy atom. The van der Waals surface area contributed by atoms with Gasteiger partial charge in [0.2, 0.25) is 0 Å². The monoisotopic (exact) mass is 379 g/mol. The fourth-order valence-electron chi connectivity index (χ4n) is 4.03. The van der Waals surface area contributed by atoms with Crippen molar-refractivity contribution in [3.8, 4) is 0 Å². The van der Waals surface area contributed by atoms with Crippen LogP contribution >= 0.6 is 0 Å². The molecule has 2 aliphatic heterocycles. The predicted molar refractivity (Wildman–Crippen MR) is 103 cm³/mol. The van der Waals surface area contributed by atoms with E-state index in [-0.39, 0.29) is 18.0 Å². The first-order chi connectivity index (χ1) is 12.4. The second-order valence-electron chi connectivity index (χ2n) is 7.45. The molecule has 1 amide bonds. The maximum Gasteiger partial charge on any atom is 0.301 e. The third-order valence-corrected chi connectivity index (χ3v) is 7.00. The number of benzene rings is 1. The van der Waals surface area contributed by atoms with Crippen molar-refractivity contribution in [3.05, 3.63) is 29.8 Å². The second kappa shape index (κ2) is 7.96. The first-order valence-electron chi connectivity index (χ1n) is 9.60. The van der Waals surface area contributed by atoms with Crippen molar-refractivity contribution in [3.63, 3.8) is 0 Å². The minimum Gasteiger partial charge on any atom is -0.333 e. The highest BCUT2D eigenvalue weighted by Gasteiger charge is 2.32. The van der Waals surface area contributed by atoms with Gasteiger partial charge in [-0.3, -0.25) is 9.52 Å². The Kier molecular flexibility index (Phi) is 5.87. The first-order valence-corrected chi connectivity index (χ1v) is 11.0. The average molecular weight is 380 g/mol. The normalized spacial score (nSPS) is 25.1. The lowest BCUT2D eigenvalue weighted by Crippen LogP contribution is -2.47. The molecule has 2 atom stereocenters. The van der Waals surface area contributed by atoms with Gasteiger partial charge in [-0.1, -0.05) is 18.6 Å². The zero-order chi connectivity index (χ0) is 18.7. The molecule has 26 heavy (non-hydrogen) atoms. The van der Waals surface area contributed by atoms with Crippen LogP contribution in [0.5, 0.6) is 0 Å². The van der Waals surface area contributed by atoms with Gasteiger partial charge in [0.15, 0.2) is 0 Å². The van der Waals surface area contributed by atoms with Crippen LogP contribution in [0.2, 0.25) is 0 Å². The maximum atomic E-state index is 13.2. The smallest absolute Gasteiger partial charge is 0.301 e. The summed E-state index contributed by atoms with van der Waals surface area (Å²) in [4.78, 5) is 15.1. The van der Waals surface area contributed by atoms with Gasteiger partial charge in [0, 0.05) is 25.2 Å². The predicted octanol–water partition coefficient (Wildman–Crippen LogP) is 3.23. The van der Waals surface area contributed by atoms with Gasteiger partial charge in [-0.05, 0) is 58.1 Å². The summed E-state index contributed by atoms with van der Waals surface area (Å²) in [5, 5.41) is 0. The van der Waals surface area contributed by atoms with E-state index < -0.39 is 10.2 Å². The van der Waals surface area contributed by atoms with E-state index in [1.54, 1.807) is 24.3 Å². The Morgan fingerprint density at radius 1 is 1.00 bits per heavy atom. The number of para-hydroxylation sites is 1. The molecule has 1 aromatic carbocycles. The topological polar surface area (TPSA) is 69.7 Å². The third kappa shape index (κ3) is 4.04. The highest BCUT2D eigenvalue weighted by molar-refractivity contribution is 7.90. The van der Waals surface area contributed by atoms with Crippen molar-refractivity contribution < 1.29 is 13.2 Å². The standard InChI is InChI=1S/C19H29N3O3S/c1-15-9-8-10-16(2)22(15)19(23)17-11-4-5-12-18(17)20-26(24,25)21-13-6-3-7-14-21/h4-5,11-12,15-16,20H,3,6-10,13-14H2,1-2H3. The fraction of sp³-hybridized carbons (Fsp3) is 0.632. The molecule has 0 spiro atoms. The minimum atomic E-state index is -3.64. The number of nitrogens with one attached hydrogen (secondary N) is 1. The summed E-state index contributed by atoms with van der Waals surface area (Å²) in [5.41, 5.74) is 0.793. The SMILES string of the molecule is CC1CCCC(C)N1C(=O)c1ccccc1NS(=O)(=O)N1CCCCC1. The van der Waals surface area contributed by atoms with Crippen LogP contribution in [-0.4, -0.2) is 48.7 Å². The van der Waals surface area contributed by atoms with E-state index in [1.165, 1.54) is 4.31 Å². The Hall–Kier alpha value is -1.60. The van der Waals surface area contributed by atoms with Gasteiger partial charge in [-0.15, -0.1) is 0 Å². The Morgan fingerprint density at radius 3 is 2.27 bits per heavy atom. The lowest BCUT2D eigenvalue weighted by atomic mass is 9.96. The number of rotatable bonds is 4. The van der Waals surface area contributed by atoms with Gasteiger partial charge < -0.3 is 4.90 Å². The number of nitrogens with zero attached hydrogens (tertiary/aromatic N) is 2. The largest absolute Gasteiger partial charge is 0.333 e. The molecule has 0 radical (unpaired) electrons. The first kappa shape index (κ1) is 19.2. The quantitative estimate of drug-likeness (QED) is 0.873. The number of hydrogen-bond acceptors (Lipinski definition) is 3. The number of anilines is 1. The van der Waals surface area contributed by atoms with E-state index in [1.807, 2.05) is 4.90 Å². The zero-order valence-electron chi connectivity index (χ0n) is 15.6. The average Bonchev–Trinajstić information content (AvgIpc) is 2.62. The summed E-state index contributed by atoms with van der Waals surface area (Å²) in [7, 11) is -3.64. The number of carbonyl (C=O) groups excluding carboxylic acids is 1. The molecule has 2 saturated heterocycles. The third-order valence-electron chi connectivity index (χ3n) is 5.48. The van der Waals surface area contributed by atoms with Crippen molar-refractivity contribution in [2.24, 2.45) is 0 Å². The van der Waals surface area contributed by atoms with Gasteiger partial charge in [-0.25, -0.2) is 0 Å². The maximum absolute atomic E-state index is 13.2. The lowest BCUT2D eigenvalue weighted by molar-refractivity contribution is 0.0512. The van der Waals surface area contributed by atoms with E-state index in [0.717, 1.165) is 38.5 Å². The molecule has 0 saturated carbocycles. The van der Waals surface area contributed by atoms with Crippen LogP contribution in [0.4, 0.5) is 5.69 Å². The Bertz CT molecular complexity index is 734. The Balaban J connectivity index is 1.85. The molecule has 144 valence electrons. The number of hydrogen-bond donors (Lipinski definition) is 1. The summed E-state index contributed by atoms with van der Waals surface area (Å²) >= 11 is 0. The highest BCUT2D eigenvalue weighted by Crippen LogP contribution is 2.28. The summed E-state index contributed by atoms with van der Waals surface area (Å²) in [6, 6.07) is 7.26. The van der Waals surface area contributed by atoms with Crippen molar-refractivity contribution >= 4 is 21.8 Å². The Labute approximate surface area is 156 Å². The van der Waals surface area contributed by atoms with Crippen molar-refractivity contribution in [1.82, 2.24) is 9.21 Å². The second-order valence-corrected chi connectivity index (χ2v) is 9.12. The van der Waals surface area contributed by atoms with Crippen LogP contribution < -0.4 is 4.72 Å². The van der Waals surface area contributed by atoms with Gasteiger partial charge >= 0.3 is 10.2 Å². The molecule has 2 unspecified atom stereocenters. The number of carbonyl (C=O) groups is 1. The molecule has 2 fully saturated rings. The molecule has 2 aliphatic rings. The zero-order valence-corrected chi connectivity index (χ0v) is 16.5. The number of likely N-dealkylation sites (tertiary alicyclic amines) is 1. The van der Waals surface area contributed by atoms with Crippen molar-refractivity contribution in [2.45, 2.75) is 64.5 Å². The van der Waals surface area contributed by atoms with E-state index >= 15 is 0 Å². The molecule has 0 aliphatic carbocycles. The number of piperidine rings is 2. The molecule has 2 heterocycles. The van der Waals surface area contributed by atoms with Gasteiger partial charge in [0.25, 0.3) is 5.91 Å². The summed E-state index contributed by atoms with van der Waals surface area (Å²) in [5.74, 6) is -0.0957. The van der Waals surface area contributed by atoms with Gasteiger partial charge in [-0.2, -0.15) is 12.7 Å². The van der Waals surface area contributed by atoms with Crippen LogP contribution in [0.3, 0.4) is 0 Å². The minimum absolute atomic E-state index is 0.0957. The van der Waals surface area contributed by atoms with E-state index in [0.29, 0.717) is 24.3 Å². The van der Waals surface area contributed by atoms with Crippen LogP contribution in [-0.2, 0) is 10.2 Å². The molecule has 1 aromatic rings. The van der Waals surface area contributed by atoms with Crippen molar-refractivity contribution in [2.75, 3.05) is 17.8 Å². The van der Waals surface area contributed by atoms with Crippen LogP contribution in [0, 0.1) is 0 Å². The molecular formula is C19H29N3O3S. The molecule has 7 heteroatoms. The molecule has 3 rings (SSSR count). The fourth-order valence-corrected chi connectivity index (χ4v) is 5.35. The van der Waals surface area contributed by atoms with Crippen LogP contribution in [0.15, 0.2) is 24.3 Å². The molecule has 0 bridgehead atoms. The molecule has 6 nitrogen and oxygen atoms in total. The van der Waals surface area contributed by atoms with Crippen LogP contribution in [0.25, 0.3) is 0 Å². The van der Waals surface area contributed by atoms with Gasteiger partial charge in [0.05, 0.1) is 11.3 Å². The summed E-state index contributed by atoms with van der Waals surface area (Å²) in [6.07, 6.45) is 5.91. The molecular weight excluding hydrogens is 350 g/mol. The summed E-state index contributed by atoms with van der Waals surface area (Å²) in [6.45, 7) is 5.19. The highest BCUT2D eigenvalue weighted by atomic mass is 32.2. The van der Waals surface area contributed by atoms with Crippen molar-refractivity contribution in [1.29, 1.82) is 0 Å². The van der Waals surface area contributed by atoms with E-state index in [9.17, 15) is 13.2 Å².